The first-order chi connectivity index (χ1) is 9.45. The molecule has 20 heavy (non-hydrogen) atoms. The Morgan fingerprint density at radius 3 is 2.60 bits per heavy atom. The van der Waals surface area contributed by atoms with Crippen LogP contribution < -0.4 is 5.32 Å². The number of oxazole rings is 1. The second-order valence-electron chi connectivity index (χ2n) is 5.36. The molecule has 1 saturated carbocycles. The van der Waals surface area contributed by atoms with Crippen LogP contribution in [0.2, 0.25) is 0 Å². The SMILES string of the molecule is Cc1cnc(C(C)N2C(=O)NC(=O)C3(CCC3)C2=O)o1. The first kappa shape index (κ1) is 12.8. The van der Waals surface area contributed by atoms with E-state index in [1.165, 1.54) is 6.20 Å². The zero-order valence-electron chi connectivity index (χ0n) is 11.3. The molecule has 2 fully saturated rings. The summed E-state index contributed by atoms with van der Waals surface area (Å²) in [6, 6.07) is -1.34. The Morgan fingerprint density at radius 2 is 2.10 bits per heavy atom. The standard InChI is InChI=1S/C13H15N3O4/c1-7-6-14-9(20-7)8(2)16-11(18)13(4-3-5-13)10(17)15-12(16)19/h6,8H,3-5H2,1-2H3,(H,15,17,19). The topological polar surface area (TPSA) is 92.5 Å². The Kier molecular flexibility index (Phi) is 2.67. The highest BCUT2D eigenvalue weighted by molar-refractivity contribution is 6.19. The van der Waals surface area contributed by atoms with Gasteiger partial charge >= 0.3 is 6.03 Å². The summed E-state index contributed by atoms with van der Waals surface area (Å²) in [4.78, 5) is 41.5. The van der Waals surface area contributed by atoms with E-state index >= 15 is 0 Å². The lowest BCUT2D eigenvalue weighted by Crippen LogP contribution is -2.66. The number of rotatable bonds is 2. The Bertz CT molecular complexity index is 603. The molecule has 4 amide bonds. The highest BCUT2D eigenvalue weighted by atomic mass is 16.4. The van der Waals surface area contributed by atoms with Crippen LogP contribution in [0.15, 0.2) is 10.6 Å². The lowest BCUT2D eigenvalue weighted by molar-refractivity contribution is -0.159. The highest BCUT2D eigenvalue weighted by Crippen LogP contribution is 2.45. The van der Waals surface area contributed by atoms with Gasteiger partial charge in [-0.15, -0.1) is 0 Å². The predicted molar refractivity (Wildman–Crippen MR) is 66.3 cm³/mol. The fourth-order valence-corrected chi connectivity index (χ4v) is 2.70. The summed E-state index contributed by atoms with van der Waals surface area (Å²) in [5, 5.41) is 2.27. The van der Waals surface area contributed by atoms with Crippen molar-refractivity contribution in [1.82, 2.24) is 15.2 Å². The summed E-state index contributed by atoms with van der Waals surface area (Å²) in [5.74, 6) is -0.0346. The van der Waals surface area contributed by atoms with Crippen LogP contribution in [0, 0.1) is 12.3 Å². The fourth-order valence-electron chi connectivity index (χ4n) is 2.70. The van der Waals surface area contributed by atoms with Crippen LogP contribution in [-0.4, -0.2) is 27.7 Å². The number of hydrogen-bond acceptors (Lipinski definition) is 5. The molecule has 1 spiro atoms. The van der Waals surface area contributed by atoms with E-state index in [4.69, 9.17) is 4.42 Å². The minimum atomic E-state index is -1.07. The normalized spacial score (nSPS) is 22.7. The molecule has 7 nitrogen and oxygen atoms in total. The Morgan fingerprint density at radius 1 is 1.40 bits per heavy atom. The predicted octanol–water partition coefficient (Wildman–Crippen LogP) is 1.29. The molecule has 2 heterocycles. The minimum absolute atomic E-state index is 0.287. The van der Waals surface area contributed by atoms with Crippen LogP contribution in [0.25, 0.3) is 0 Å². The minimum Gasteiger partial charge on any atom is -0.444 e. The molecule has 0 radical (unpaired) electrons. The van der Waals surface area contributed by atoms with E-state index in [2.05, 4.69) is 10.3 Å². The molecule has 2 aliphatic rings. The van der Waals surface area contributed by atoms with Crippen LogP contribution in [0.1, 0.15) is 43.9 Å². The van der Waals surface area contributed by atoms with Crippen LogP contribution in [0.3, 0.4) is 0 Å². The first-order valence-electron chi connectivity index (χ1n) is 6.57. The van der Waals surface area contributed by atoms with Crippen molar-refractivity contribution in [3.05, 3.63) is 17.8 Å². The number of carbonyl (C=O) groups excluding carboxylic acids is 3. The third-order valence-corrected chi connectivity index (χ3v) is 4.09. The lowest BCUT2D eigenvalue weighted by atomic mass is 9.66. The zero-order chi connectivity index (χ0) is 14.5. The molecule has 1 aliphatic heterocycles. The number of imide groups is 2. The van der Waals surface area contributed by atoms with Gasteiger partial charge in [0.05, 0.1) is 6.20 Å². The number of nitrogens with one attached hydrogen (secondary N) is 1. The van der Waals surface area contributed by atoms with Crippen molar-refractivity contribution < 1.29 is 18.8 Å². The molecule has 1 saturated heterocycles. The summed E-state index contributed by atoms with van der Waals surface area (Å²) in [6.45, 7) is 3.39. The van der Waals surface area contributed by atoms with Crippen LogP contribution >= 0.6 is 0 Å². The second-order valence-corrected chi connectivity index (χ2v) is 5.36. The van der Waals surface area contributed by atoms with Crippen molar-refractivity contribution in [3.8, 4) is 0 Å². The summed E-state index contributed by atoms with van der Waals surface area (Å²) in [7, 11) is 0. The maximum absolute atomic E-state index is 12.5. The van der Waals surface area contributed by atoms with Gasteiger partial charge in [0.2, 0.25) is 17.7 Å². The maximum atomic E-state index is 12.5. The van der Waals surface area contributed by atoms with Gasteiger partial charge in [0.1, 0.15) is 17.2 Å². The number of nitrogens with zero attached hydrogens (tertiary/aromatic N) is 2. The van der Waals surface area contributed by atoms with Gasteiger partial charge in [-0.1, -0.05) is 6.42 Å². The van der Waals surface area contributed by atoms with E-state index in [0.717, 1.165) is 11.3 Å². The van der Waals surface area contributed by atoms with E-state index in [1.807, 2.05) is 0 Å². The number of aryl methyl sites for hydroxylation is 1. The number of barbiturate groups is 1. The molecule has 1 aromatic heterocycles. The summed E-state index contributed by atoms with van der Waals surface area (Å²) in [6.07, 6.45) is 3.31. The first-order valence-corrected chi connectivity index (χ1v) is 6.57. The molecule has 1 N–H and O–H groups in total. The molecule has 0 aromatic carbocycles. The molecule has 3 rings (SSSR count). The summed E-state index contributed by atoms with van der Waals surface area (Å²) >= 11 is 0. The Hall–Kier alpha value is -2.18. The number of amides is 4. The van der Waals surface area contributed by atoms with Gasteiger partial charge in [0.25, 0.3) is 0 Å². The van der Waals surface area contributed by atoms with Gasteiger partial charge in [0.15, 0.2) is 0 Å². The van der Waals surface area contributed by atoms with E-state index < -0.39 is 29.3 Å². The zero-order valence-corrected chi connectivity index (χ0v) is 11.3. The fraction of sp³-hybridized carbons (Fsp3) is 0.538. The third-order valence-electron chi connectivity index (χ3n) is 4.09. The van der Waals surface area contributed by atoms with E-state index in [1.54, 1.807) is 13.8 Å². The van der Waals surface area contributed by atoms with E-state index in [9.17, 15) is 14.4 Å². The van der Waals surface area contributed by atoms with Crippen molar-refractivity contribution in [2.24, 2.45) is 5.41 Å². The molecule has 7 heteroatoms. The Balaban J connectivity index is 1.93. The second kappa shape index (κ2) is 4.16. The van der Waals surface area contributed by atoms with Crippen molar-refractivity contribution in [2.75, 3.05) is 0 Å². The molecule has 1 unspecified atom stereocenters. The van der Waals surface area contributed by atoms with Gasteiger partial charge in [-0.3, -0.25) is 19.8 Å². The van der Waals surface area contributed by atoms with Crippen molar-refractivity contribution >= 4 is 17.8 Å². The number of aromatic nitrogens is 1. The molecule has 106 valence electrons. The molecule has 1 aliphatic carbocycles. The average molecular weight is 277 g/mol. The smallest absolute Gasteiger partial charge is 0.331 e. The van der Waals surface area contributed by atoms with Gasteiger partial charge in [-0.25, -0.2) is 9.78 Å². The average Bonchev–Trinajstić information content (AvgIpc) is 2.73. The van der Waals surface area contributed by atoms with E-state index in [-0.39, 0.29) is 5.89 Å². The van der Waals surface area contributed by atoms with Gasteiger partial charge in [-0.05, 0) is 26.7 Å². The van der Waals surface area contributed by atoms with Crippen LogP contribution in [0.4, 0.5) is 4.79 Å². The van der Waals surface area contributed by atoms with Crippen LogP contribution in [0.5, 0.6) is 0 Å². The number of urea groups is 1. The van der Waals surface area contributed by atoms with Gasteiger partial charge < -0.3 is 4.42 Å². The third kappa shape index (κ3) is 1.59. The van der Waals surface area contributed by atoms with Gasteiger partial charge in [0, 0.05) is 0 Å². The maximum Gasteiger partial charge on any atom is 0.331 e. The van der Waals surface area contributed by atoms with E-state index in [0.29, 0.717) is 18.6 Å². The molecule has 1 aromatic rings. The monoisotopic (exact) mass is 277 g/mol. The van der Waals surface area contributed by atoms with Crippen molar-refractivity contribution in [2.45, 2.75) is 39.2 Å². The number of carbonyl (C=O) groups is 3. The highest BCUT2D eigenvalue weighted by Gasteiger charge is 2.58. The van der Waals surface area contributed by atoms with Crippen LogP contribution in [-0.2, 0) is 9.59 Å². The summed E-state index contributed by atoms with van der Waals surface area (Å²) < 4.78 is 5.37. The van der Waals surface area contributed by atoms with Gasteiger partial charge in [-0.2, -0.15) is 0 Å². The quantitative estimate of drug-likeness (QED) is 0.822. The molecular weight excluding hydrogens is 262 g/mol. The molecular formula is C13H15N3O4. The summed E-state index contributed by atoms with van der Waals surface area (Å²) in [5.41, 5.74) is -1.07. The molecule has 1 atom stereocenters. The largest absolute Gasteiger partial charge is 0.444 e. The Labute approximate surface area is 115 Å². The lowest BCUT2D eigenvalue weighted by Gasteiger charge is -2.45. The van der Waals surface area contributed by atoms with Crippen molar-refractivity contribution in [1.29, 1.82) is 0 Å². The molecule has 0 bridgehead atoms. The number of hydrogen-bond donors (Lipinski definition) is 1. The van der Waals surface area contributed by atoms with Crippen molar-refractivity contribution in [3.63, 3.8) is 0 Å².